The van der Waals surface area contributed by atoms with E-state index >= 15 is 0 Å². The van der Waals surface area contributed by atoms with Gasteiger partial charge < -0.3 is 10.5 Å². The average molecular weight is 317 g/mol. The lowest BCUT2D eigenvalue weighted by Crippen LogP contribution is -2.44. The topological polar surface area (TPSA) is 60.2 Å². The largest absolute Gasteiger partial charge is 0.402 e. The molecule has 2 rings (SSSR count). The Morgan fingerprint density at radius 3 is 2.57 bits per heavy atom. The molecule has 0 aromatic rings. The second-order valence-corrected chi connectivity index (χ2v) is 6.91. The highest BCUT2D eigenvalue weighted by Crippen LogP contribution is 2.52. The Bertz CT molecular complexity index is 498. The third-order valence-corrected chi connectivity index (χ3v) is 5.38. The molecule has 2 aliphatic carbocycles. The van der Waals surface area contributed by atoms with Crippen LogP contribution in [0.4, 0.5) is 0 Å². The molecule has 128 valence electrons. The second-order valence-electron chi connectivity index (χ2n) is 6.91. The first-order chi connectivity index (χ1) is 10.8. The predicted octanol–water partition coefficient (Wildman–Crippen LogP) is 4.34. The van der Waals surface area contributed by atoms with E-state index in [-0.39, 0.29) is 11.3 Å². The number of allylic oxidation sites excluding steroid dienone is 5. The van der Waals surface area contributed by atoms with Crippen LogP contribution in [-0.4, -0.2) is 12.1 Å². The van der Waals surface area contributed by atoms with E-state index < -0.39 is 0 Å². The van der Waals surface area contributed by atoms with Crippen LogP contribution >= 0.6 is 0 Å². The van der Waals surface area contributed by atoms with Crippen LogP contribution in [0.25, 0.3) is 0 Å². The van der Waals surface area contributed by atoms with Crippen molar-refractivity contribution >= 4 is 12.1 Å². The summed E-state index contributed by atoms with van der Waals surface area (Å²) >= 11 is 0. The Morgan fingerprint density at radius 1 is 1.52 bits per heavy atom. The molecule has 2 aliphatic rings. The Morgan fingerprint density at radius 2 is 2.17 bits per heavy atom. The Labute approximate surface area is 140 Å². The number of carbonyl (C=O) groups is 2. The molecule has 2 atom stereocenters. The van der Waals surface area contributed by atoms with E-state index in [1.807, 2.05) is 6.92 Å². The number of nitrogens with two attached hydrogens (primary N) is 1. The summed E-state index contributed by atoms with van der Waals surface area (Å²) in [5.41, 5.74) is 7.43. The van der Waals surface area contributed by atoms with Crippen LogP contribution in [0.2, 0.25) is 0 Å². The SMILES string of the molecule is C=C(N)C(C)CCC=O.CC(=O)C1(C2CC=CC=C2C)CCC1. The van der Waals surface area contributed by atoms with Gasteiger partial charge in [-0.05, 0) is 51.4 Å². The van der Waals surface area contributed by atoms with Gasteiger partial charge in [-0.15, -0.1) is 0 Å². The predicted molar refractivity (Wildman–Crippen MR) is 95.8 cm³/mol. The van der Waals surface area contributed by atoms with Gasteiger partial charge in [-0.3, -0.25) is 4.79 Å². The summed E-state index contributed by atoms with van der Waals surface area (Å²) < 4.78 is 0. The third-order valence-electron chi connectivity index (χ3n) is 5.38. The van der Waals surface area contributed by atoms with Crippen molar-refractivity contribution in [3.8, 4) is 0 Å². The maximum Gasteiger partial charge on any atom is 0.136 e. The number of hydrogen-bond donors (Lipinski definition) is 1. The number of Topliss-reactive ketones (excluding diaryl/α,β-unsaturated/α-hetero) is 1. The Hall–Kier alpha value is -1.64. The van der Waals surface area contributed by atoms with Gasteiger partial charge in [-0.2, -0.15) is 0 Å². The number of ketones is 1. The molecule has 0 amide bonds. The lowest BCUT2D eigenvalue weighted by Gasteiger charge is -2.47. The van der Waals surface area contributed by atoms with Crippen LogP contribution in [-0.2, 0) is 9.59 Å². The molecule has 0 heterocycles. The minimum atomic E-state index is 0.00530. The summed E-state index contributed by atoms with van der Waals surface area (Å²) in [5, 5.41) is 0. The van der Waals surface area contributed by atoms with Crippen molar-refractivity contribution < 1.29 is 9.59 Å². The lowest BCUT2D eigenvalue weighted by molar-refractivity contribution is -0.134. The molecular weight excluding hydrogens is 286 g/mol. The van der Waals surface area contributed by atoms with E-state index in [1.54, 1.807) is 6.92 Å². The van der Waals surface area contributed by atoms with Gasteiger partial charge in [0.05, 0.1) is 0 Å². The van der Waals surface area contributed by atoms with Crippen LogP contribution in [0.5, 0.6) is 0 Å². The fraction of sp³-hybridized carbons (Fsp3) is 0.600. The molecule has 23 heavy (non-hydrogen) atoms. The zero-order chi connectivity index (χ0) is 17.5. The summed E-state index contributed by atoms with van der Waals surface area (Å²) in [5.74, 6) is 1.16. The molecule has 0 aliphatic heterocycles. The molecule has 0 saturated heterocycles. The zero-order valence-corrected chi connectivity index (χ0v) is 14.8. The molecule has 0 aromatic carbocycles. The maximum absolute atomic E-state index is 11.7. The van der Waals surface area contributed by atoms with Crippen LogP contribution < -0.4 is 5.73 Å². The van der Waals surface area contributed by atoms with E-state index in [0.29, 0.717) is 23.8 Å². The molecule has 3 nitrogen and oxygen atoms in total. The first-order valence-electron chi connectivity index (χ1n) is 8.57. The van der Waals surface area contributed by atoms with Crippen molar-refractivity contribution in [3.05, 3.63) is 36.1 Å². The van der Waals surface area contributed by atoms with E-state index in [9.17, 15) is 9.59 Å². The van der Waals surface area contributed by atoms with Crippen molar-refractivity contribution in [2.75, 3.05) is 0 Å². The van der Waals surface area contributed by atoms with Crippen LogP contribution in [0.15, 0.2) is 36.1 Å². The van der Waals surface area contributed by atoms with E-state index in [0.717, 1.165) is 32.0 Å². The van der Waals surface area contributed by atoms with Gasteiger partial charge in [0.1, 0.15) is 12.1 Å². The first kappa shape index (κ1) is 19.4. The minimum absolute atomic E-state index is 0.00530. The van der Waals surface area contributed by atoms with Crippen molar-refractivity contribution in [2.45, 2.75) is 59.3 Å². The summed E-state index contributed by atoms with van der Waals surface area (Å²) in [7, 11) is 0. The number of carbonyl (C=O) groups excluding carboxylic acids is 2. The van der Waals surface area contributed by atoms with Gasteiger partial charge in [0.15, 0.2) is 0 Å². The smallest absolute Gasteiger partial charge is 0.136 e. The van der Waals surface area contributed by atoms with Gasteiger partial charge in [0, 0.05) is 17.5 Å². The summed E-state index contributed by atoms with van der Waals surface area (Å²) in [6.45, 7) is 9.47. The molecule has 3 heteroatoms. The van der Waals surface area contributed by atoms with Crippen molar-refractivity contribution in [2.24, 2.45) is 23.0 Å². The van der Waals surface area contributed by atoms with Crippen LogP contribution in [0.1, 0.15) is 59.3 Å². The van der Waals surface area contributed by atoms with Crippen molar-refractivity contribution in [1.82, 2.24) is 0 Å². The Kier molecular flexibility index (Phi) is 7.47. The van der Waals surface area contributed by atoms with Crippen LogP contribution in [0.3, 0.4) is 0 Å². The normalized spacial score (nSPS) is 22.7. The first-order valence-corrected chi connectivity index (χ1v) is 8.57. The highest BCUT2D eigenvalue weighted by molar-refractivity contribution is 5.84. The fourth-order valence-electron chi connectivity index (χ4n) is 3.40. The molecule has 0 radical (unpaired) electrons. The minimum Gasteiger partial charge on any atom is -0.402 e. The Balaban J connectivity index is 0.000000257. The van der Waals surface area contributed by atoms with Gasteiger partial charge in [0.2, 0.25) is 0 Å². The highest BCUT2D eigenvalue weighted by Gasteiger charge is 2.47. The van der Waals surface area contributed by atoms with Crippen molar-refractivity contribution in [1.29, 1.82) is 0 Å². The number of aldehydes is 1. The van der Waals surface area contributed by atoms with Gasteiger partial charge in [-0.25, -0.2) is 0 Å². The molecule has 2 N–H and O–H groups in total. The van der Waals surface area contributed by atoms with E-state index in [4.69, 9.17) is 5.73 Å². The molecular formula is C20H31NO2. The quantitative estimate of drug-likeness (QED) is 0.741. The number of rotatable bonds is 6. The maximum atomic E-state index is 11.7. The molecule has 1 saturated carbocycles. The third kappa shape index (κ3) is 4.92. The molecule has 0 spiro atoms. The summed E-state index contributed by atoms with van der Waals surface area (Å²) in [6.07, 6.45) is 13.3. The summed E-state index contributed by atoms with van der Waals surface area (Å²) in [6, 6.07) is 0. The van der Waals surface area contributed by atoms with Crippen molar-refractivity contribution in [3.63, 3.8) is 0 Å². The zero-order valence-electron chi connectivity index (χ0n) is 14.8. The van der Waals surface area contributed by atoms with Crippen LogP contribution in [0, 0.1) is 17.3 Å². The standard InChI is InChI=1S/C13H18O.C7H13NO/c1-10-6-3-4-7-12(10)13(11(2)14)8-5-9-13;1-6(7(2)8)4-3-5-9/h3-4,6,12H,5,7-9H2,1-2H3;5-6H,2-4,8H2,1H3. The monoisotopic (exact) mass is 317 g/mol. The average Bonchev–Trinajstić information content (AvgIpc) is 2.45. The summed E-state index contributed by atoms with van der Waals surface area (Å²) in [4.78, 5) is 21.6. The molecule has 2 unspecified atom stereocenters. The van der Waals surface area contributed by atoms with Gasteiger partial charge in [0.25, 0.3) is 0 Å². The lowest BCUT2D eigenvalue weighted by atomic mass is 9.56. The van der Waals surface area contributed by atoms with Gasteiger partial charge in [-0.1, -0.05) is 43.7 Å². The van der Waals surface area contributed by atoms with Gasteiger partial charge >= 0.3 is 0 Å². The second kappa shape index (κ2) is 8.85. The molecule has 1 fully saturated rings. The van der Waals surface area contributed by atoms with E-state index in [2.05, 4.69) is 31.7 Å². The number of hydrogen-bond acceptors (Lipinski definition) is 3. The fourth-order valence-corrected chi connectivity index (χ4v) is 3.40. The molecule has 0 aromatic heterocycles. The molecule has 0 bridgehead atoms. The highest BCUT2D eigenvalue weighted by atomic mass is 16.1. The van der Waals surface area contributed by atoms with E-state index in [1.165, 1.54) is 12.0 Å².